The van der Waals surface area contributed by atoms with Gasteiger partial charge in [-0.25, -0.2) is 0 Å². The lowest BCUT2D eigenvalue weighted by Gasteiger charge is -2.16. The second-order valence-electron chi connectivity index (χ2n) is 5.49. The van der Waals surface area contributed by atoms with Gasteiger partial charge in [-0.3, -0.25) is 4.79 Å². The van der Waals surface area contributed by atoms with Gasteiger partial charge in [0, 0.05) is 13.1 Å². The summed E-state index contributed by atoms with van der Waals surface area (Å²) in [5.41, 5.74) is 2.13. The van der Waals surface area contributed by atoms with E-state index in [1.807, 2.05) is 32.9 Å². The summed E-state index contributed by atoms with van der Waals surface area (Å²) in [7, 11) is 0. The van der Waals surface area contributed by atoms with Crippen molar-refractivity contribution < 1.29 is 9.53 Å². The van der Waals surface area contributed by atoms with E-state index in [9.17, 15) is 4.79 Å². The molecule has 1 aromatic rings. The lowest BCUT2D eigenvalue weighted by atomic mass is 9.97. The van der Waals surface area contributed by atoms with Crippen LogP contribution in [0, 0.1) is 12.3 Å². The minimum atomic E-state index is -0.421. The van der Waals surface area contributed by atoms with Crippen molar-refractivity contribution in [1.82, 2.24) is 5.32 Å². The number of nitrogens with one attached hydrogen (secondary N) is 1. The summed E-state index contributed by atoms with van der Waals surface area (Å²) in [5, 5.41) is 3.27. The van der Waals surface area contributed by atoms with Gasteiger partial charge in [0.05, 0.1) is 5.41 Å². The van der Waals surface area contributed by atoms with Gasteiger partial charge in [-0.1, -0.05) is 24.3 Å². The molecule has 1 aromatic carbocycles. The van der Waals surface area contributed by atoms with Gasteiger partial charge in [0.25, 0.3) is 0 Å². The molecule has 0 unspecified atom stereocenters. The van der Waals surface area contributed by atoms with Crippen LogP contribution >= 0.6 is 0 Å². The number of ether oxygens (including phenoxy) is 1. The van der Waals surface area contributed by atoms with Crippen LogP contribution in [0.4, 0.5) is 0 Å². The Hall–Kier alpha value is -1.35. The number of benzene rings is 1. The summed E-state index contributed by atoms with van der Waals surface area (Å²) in [6.07, 6.45) is 0. The van der Waals surface area contributed by atoms with Crippen molar-refractivity contribution in [1.29, 1.82) is 0 Å². The predicted molar refractivity (Wildman–Crippen MR) is 73.3 cm³/mol. The highest BCUT2D eigenvalue weighted by Crippen LogP contribution is 2.14. The number of carbonyl (C=O) groups excluding carboxylic acids is 1. The second kappa shape index (κ2) is 6.55. The van der Waals surface area contributed by atoms with Crippen LogP contribution in [0.3, 0.4) is 0 Å². The molecule has 0 bridgehead atoms. The zero-order valence-corrected chi connectivity index (χ0v) is 11.7. The average molecular weight is 249 g/mol. The molecular weight excluding hydrogens is 226 g/mol. The first kappa shape index (κ1) is 14.7. The van der Waals surface area contributed by atoms with Gasteiger partial charge >= 0.3 is 5.97 Å². The summed E-state index contributed by atoms with van der Waals surface area (Å²) in [6.45, 7) is 9.57. The SMILES string of the molecule is Cc1ccccc1CNCCOC(=O)C(C)(C)C. The van der Waals surface area contributed by atoms with Gasteiger partial charge in [-0.15, -0.1) is 0 Å². The minimum absolute atomic E-state index is 0.153. The van der Waals surface area contributed by atoms with Gasteiger partial charge < -0.3 is 10.1 Å². The average Bonchev–Trinajstić information content (AvgIpc) is 2.29. The standard InChI is InChI=1S/C15H23NO2/c1-12-7-5-6-8-13(12)11-16-9-10-18-14(17)15(2,3)4/h5-8,16H,9-11H2,1-4H3. The monoisotopic (exact) mass is 249 g/mol. The molecular formula is C15H23NO2. The van der Waals surface area contributed by atoms with Gasteiger partial charge in [-0.2, -0.15) is 0 Å². The van der Waals surface area contributed by atoms with Gasteiger partial charge in [-0.05, 0) is 38.8 Å². The van der Waals surface area contributed by atoms with E-state index >= 15 is 0 Å². The Balaban J connectivity index is 2.20. The Morgan fingerprint density at radius 1 is 1.28 bits per heavy atom. The zero-order chi connectivity index (χ0) is 13.6. The number of aryl methyl sites for hydroxylation is 1. The van der Waals surface area contributed by atoms with Crippen molar-refractivity contribution in [2.75, 3.05) is 13.2 Å². The largest absolute Gasteiger partial charge is 0.464 e. The zero-order valence-electron chi connectivity index (χ0n) is 11.7. The van der Waals surface area contributed by atoms with Crippen molar-refractivity contribution in [3.05, 3.63) is 35.4 Å². The maximum absolute atomic E-state index is 11.5. The molecule has 18 heavy (non-hydrogen) atoms. The first-order chi connectivity index (χ1) is 8.41. The normalized spacial score (nSPS) is 11.3. The van der Waals surface area contributed by atoms with Crippen molar-refractivity contribution in [3.8, 4) is 0 Å². The molecule has 0 saturated carbocycles. The van der Waals surface area contributed by atoms with Crippen molar-refractivity contribution in [2.45, 2.75) is 34.2 Å². The molecule has 0 spiro atoms. The predicted octanol–water partition coefficient (Wildman–Crippen LogP) is 2.67. The quantitative estimate of drug-likeness (QED) is 0.644. The van der Waals surface area contributed by atoms with Crippen LogP contribution in [0.2, 0.25) is 0 Å². The fourth-order valence-corrected chi connectivity index (χ4v) is 1.46. The van der Waals surface area contributed by atoms with Crippen LogP contribution in [0.1, 0.15) is 31.9 Å². The molecule has 0 aliphatic rings. The Morgan fingerprint density at radius 2 is 1.94 bits per heavy atom. The van der Waals surface area contributed by atoms with Crippen LogP contribution in [-0.4, -0.2) is 19.1 Å². The van der Waals surface area contributed by atoms with E-state index in [0.717, 1.165) is 6.54 Å². The van der Waals surface area contributed by atoms with E-state index in [2.05, 4.69) is 24.4 Å². The molecule has 0 atom stereocenters. The smallest absolute Gasteiger partial charge is 0.311 e. The Morgan fingerprint density at radius 3 is 2.56 bits per heavy atom. The molecule has 3 heteroatoms. The van der Waals surface area contributed by atoms with Gasteiger partial charge in [0.15, 0.2) is 0 Å². The Kier molecular flexibility index (Phi) is 5.35. The second-order valence-corrected chi connectivity index (χ2v) is 5.49. The van der Waals surface area contributed by atoms with Crippen LogP contribution in [-0.2, 0) is 16.1 Å². The third-order valence-electron chi connectivity index (χ3n) is 2.70. The van der Waals surface area contributed by atoms with Crippen LogP contribution in [0.5, 0.6) is 0 Å². The molecule has 1 N–H and O–H groups in total. The van der Waals surface area contributed by atoms with E-state index in [4.69, 9.17) is 4.74 Å². The number of rotatable bonds is 5. The number of hydrogen-bond acceptors (Lipinski definition) is 3. The molecule has 0 radical (unpaired) electrons. The third-order valence-corrected chi connectivity index (χ3v) is 2.70. The summed E-state index contributed by atoms with van der Waals surface area (Å²) in [5.74, 6) is -0.153. The van der Waals surface area contributed by atoms with Crippen LogP contribution in [0.15, 0.2) is 24.3 Å². The minimum Gasteiger partial charge on any atom is -0.464 e. The molecule has 0 aromatic heterocycles. The van der Waals surface area contributed by atoms with E-state index in [1.54, 1.807) is 0 Å². The molecule has 0 saturated heterocycles. The summed E-state index contributed by atoms with van der Waals surface area (Å²) in [6, 6.07) is 8.26. The van der Waals surface area contributed by atoms with Crippen LogP contribution < -0.4 is 5.32 Å². The molecule has 0 aliphatic carbocycles. The first-order valence-electron chi connectivity index (χ1n) is 6.33. The van der Waals surface area contributed by atoms with E-state index in [1.165, 1.54) is 11.1 Å². The van der Waals surface area contributed by atoms with Gasteiger partial charge in [0.1, 0.15) is 6.61 Å². The highest BCUT2D eigenvalue weighted by Gasteiger charge is 2.22. The van der Waals surface area contributed by atoms with Crippen molar-refractivity contribution in [2.24, 2.45) is 5.41 Å². The van der Waals surface area contributed by atoms with Crippen molar-refractivity contribution >= 4 is 5.97 Å². The van der Waals surface area contributed by atoms with E-state index in [-0.39, 0.29) is 5.97 Å². The molecule has 1 rings (SSSR count). The van der Waals surface area contributed by atoms with Crippen LogP contribution in [0.25, 0.3) is 0 Å². The van der Waals surface area contributed by atoms with Crippen molar-refractivity contribution in [3.63, 3.8) is 0 Å². The highest BCUT2D eigenvalue weighted by atomic mass is 16.5. The Labute approximate surface area is 110 Å². The maximum atomic E-state index is 11.5. The summed E-state index contributed by atoms with van der Waals surface area (Å²) in [4.78, 5) is 11.5. The topological polar surface area (TPSA) is 38.3 Å². The third kappa shape index (κ3) is 4.88. The number of hydrogen-bond donors (Lipinski definition) is 1. The molecule has 0 aliphatic heterocycles. The lowest BCUT2D eigenvalue weighted by molar-refractivity contribution is -0.152. The molecule has 0 heterocycles. The molecule has 3 nitrogen and oxygen atoms in total. The number of esters is 1. The van der Waals surface area contributed by atoms with Gasteiger partial charge in [0.2, 0.25) is 0 Å². The fraction of sp³-hybridized carbons (Fsp3) is 0.533. The summed E-state index contributed by atoms with van der Waals surface area (Å²) >= 11 is 0. The number of carbonyl (C=O) groups is 1. The molecule has 0 fully saturated rings. The molecule has 0 amide bonds. The fourth-order valence-electron chi connectivity index (χ4n) is 1.46. The first-order valence-corrected chi connectivity index (χ1v) is 6.33. The lowest BCUT2D eigenvalue weighted by Crippen LogP contribution is -2.27. The maximum Gasteiger partial charge on any atom is 0.311 e. The van der Waals surface area contributed by atoms with E-state index in [0.29, 0.717) is 13.2 Å². The summed E-state index contributed by atoms with van der Waals surface area (Å²) < 4.78 is 5.17. The highest BCUT2D eigenvalue weighted by molar-refractivity contribution is 5.75. The Bertz CT molecular complexity index is 394. The van der Waals surface area contributed by atoms with E-state index < -0.39 is 5.41 Å². The molecule has 100 valence electrons.